The van der Waals surface area contributed by atoms with Crippen LogP contribution in [0, 0.1) is 0 Å². The van der Waals surface area contributed by atoms with Gasteiger partial charge in [-0.3, -0.25) is 9.59 Å². The number of carbonyl (C=O) groups is 2. The standard InChI is InChI=1S/C13H18N2O5S/c1-21(19,20)7-6-10(14)13(18)15-11-5-3-2-4-9(11)8-12(16)17/h2-5,10H,6-8,14H2,1H3,(H,15,18)(H,16,17). The summed E-state index contributed by atoms with van der Waals surface area (Å²) in [4.78, 5) is 22.6. The van der Waals surface area contributed by atoms with E-state index in [0.717, 1.165) is 6.26 Å². The summed E-state index contributed by atoms with van der Waals surface area (Å²) in [5, 5.41) is 11.3. The van der Waals surface area contributed by atoms with Crippen molar-refractivity contribution in [3.05, 3.63) is 29.8 Å². The average molecular weight is 314 g/mol. The summed E-state index contributed by atoms with van der Waals surface area (Å²) in [5.41, 5.74) is 6.44. The van der Waals surface area contributed by atoms with Crippen molar-refractivity contribution < 1.29 is 23.1 Å². The first-order valence-corrected chi connectivity index (χ1v) is 8.29. The summed E-state index contributed by atoms with van der Waals surface area (Å²) < 4.78 is 22.1. The largest absolute Gasteiger partial charge is 0.481 e. The van der Waals surface area contributed by atoms with Crippen LogP contribution >= 0.6 is 0 Å². The van der Waals surface area contributed by atoms with Crippen LogP contribution in [-0.2, 0) is 25.8 Å². The van der Waals surface area contributed by atoms with E-state index in [1.807, 2.05) is 0 Å². The van der Waals surface area contributed by atoms with Crippen LogP contribution in [0.5, 0.6) is 0 Å². The Bertz CT molecular complexity index is 627. The predicted molar refractivity (Wildman–Crippen MR) is 78.7 cm³/mol. The minimum atomic E-state index is -3.19. The molecule has 0 radical (unpaired) electrons. The lowest BCUT2D eigenvalue weighted by Gasteiger charge is -2.14. The second-order valence-electron chi connectivity index (χ2n) is 4.74. The van der Waals surface area contributed by atoms with Gasteiger partial charge in [0, 0.05) is 11.9 Å². The quantitative estimate of drug-likeness (QED) is 0.651. The number of carboxylic acid groups (broad SMARTS) is 1. The Morgan fingerprint density at radius 2 is 1.95 bits per heavy atom. The number of aliphatic carboxylic acids is 1. The molecule has 0 saturated carbocycles. The molecule has 8 heteroatoms. The molecule has 0 heterocycles. The number of benzene rings is 1. The fourth-order valence-electron chi connectivity index (χ4n) is 1.66. The molecule has 0 aliphatic carbocycles. The molecular formula is C13H18N2O5S. The van der Waals surface area contributed by atoms with Crippen LogP contribution in [0.3, 0.4) is 0 Å². The Morgan fingerprint density at radius 1 is 1.33 bits per heavy atom. The maximum Gasteiger partial charge on any atom is 0.307 e. The average Bonchev–Trinajstić information content (AvgIpc) is 2.36. The molecule has 0 aromatic heterocycles. The lowest BCUT2D eigenvalue weighted by atomic mass is 10.1. The first-order valence-electron chi connectivity index (χ1n) is 6.23. The number of rotatable bonds is 7. The second kappa shape index (κ2) is 7.19. The third kappa shape index (κ3) is 6.37. The van der Waals surface area contributed by atoms with Crippen molar-refractivity contribution in [1.29, 1.82) is 0 Å². The molecule has 21 heavy (non-hydrogen) atoms. The van der Waals surface area contributed by atoms with Crippen LogP contribution < -0.4 is 11.1 Å². The number of nitrogens with two attached hydrogens (primary N) is 1. The van der Waals surface area contributed by atoms with Crippen LogP contribution in [0.1, 0.15) is 12.0 Å². The fourth-order valence-corrected chi connectivity index (χ4v) is 2.34. The van der Waals surface area contributed by atoms with Gasteiger partial charge in [-0.05, 0) is 18.1 Å². The molecule has 7 nitrogen and oxygen atoms in total. The molecule has 1 aromatic rings. The van der Waals surface area contributed by atoms with Crippen molar-refractivity contribution in [3.63, 3.8) is 0 Å². The third-order valence-electron chi connectivity index (χ3n) is 2.75. The predicted octanol–water partition coefficient (Wildman–Crippen LogP) is 0.0142. The van der Waals surface area contributed by atoms with Gasteiger partial charge in [-0.2, -0.15) is 0 Å². The Hall–Kier alpha value is -1.93. The molecule has 0 saturated heterocycles. The first-order chi connectivity index (χ1) is 9.69. The summed E-state index contributed by atoms with van der Waals surface area (Å²) >= 11 is 0. The highest BCUT2D eigenvalue weighted by molar-refractivity contribution is 7.90. The smallest absolute Gasteiger partial charge is 0.307 e. The summed E-state index contributed by atoms with van der Waals surface area (Å²) in [6.45, 7) is 0. The Morgan fingerprint density at radius 3 is 2.52 bits per heavy atom. The summed E-state index contributed by atoms with van der Waals surface area (Å²) in [7, 11) is -3.19. The Balaban J connectivity index is 2.72. The molecule has 1 aromatic carbocycles. The first kappa shape index (κ1) is 17.1. The van der Waals surface area contributed by atoms with E-state index in [1.54, 1.807) is 24.3 Å². The Labute approximate surface area is 123 Å². The summed E-state index contributed by atoms with van der Waals surface area (Å²) in [5.74, 6) is -1.74. The number of anilines is 1. The number of carbonyl (C=O) groups excluding carboxylic acids is 1. The minimum absolute atomic E-state index is 0.00572. The van der Waals surface area contributed by atoms with Crippen LogP contribution in [0.15, 0.2) is 24.3 Å². The molecule has 0 bridgehead atoms. The molecular weight excluding hydrogens is 296 g/mol. The molecule has 0 aliphatic rings. The van der Waals surface area contributed by atoms with E-state index in [0.29, 0.717) is 11.3 Å². The highest BCUT2D eigenvalue weighted by atomic mass is 32.2. The van der Waals surface area contributed by atoms with Gasteiger partial charge in [0.1, 0.15) is 9.84 Å². The van der Waals surface area contributed by atoms with Crippen LogP contribution in [0.25, 0.3) is 0 Å². The molecule has 0 fully saturated rings. The van der Waals surface area contributed by atoms with Crippen molar-refractivity contribution in [1.82, 2.24) is 0 Å². The number of sulfone groups is 1. The van der Waals surface area contributed by atoms with E-state index in [4.69, 9.17) is 10.8 Å². The van der Waals surface area contributed by atoms with E-state index in [-0.39, 0.29) is 18.6 Å². The monoisotopic (exact) mass is 314 g/mol. The molecule has 1 amide bonds. The van der Waals surface area contributed by atoms with Crippen LogP contribution in [0.4, 0.5) is 5.69 Å². The lowest BCUT2D eigenvalue weighted by molar-refractivity contribution is -0.136. The number of para-hydroxylation sites is 1. The van der Waals surface area contributed by atoms with E-state index in [1.165, 1.54) is 0 Å². The van der Waals surface area contributed by atoms with Crippen molar-refractivity contribution in [2.75, 3.05) is 17.3 Å². The Kier molecular flexibility index (Phi) is 5.86. The zero-order valence-electron chi connectivity index (χ0n) is 11.6. The SMILES string of the molecule is CS(=O)(=O)CCC(N)C(=O)Nc1ccccc1CC(=O)O. The maximum atomic E-state index is 11.9. The topological polar surface area (TPSA) is 127 Å². The molecule has 0 spiro atoms. The molecule has 1 rings (SSSR count). The number of hydrogen-bond acceptors (Lipinski definition) is 5. The van der Waals surface area contributed by atoms with Gasteiger partial charge in [-0.25, -0.2) is 8.42 Å². The van der Waals surface area contributed by atoms with E-state index >= 15 is 0 Å². The van der Waals surface area contributed by atoms with Crippen LogP contribution in [-0.4, -0.2) is 43.5 Å². The van der Waals surface area contributed by atoms with Crippen molar-refractivity contribution in [2.24, 2.45) is 5.73 Å². The molecule has 116 valence electrons. The molecule has 1 atom stereocenters. The maximum absolute atomic E-state index is 11.9. The van der Waals surface area contributed by atoms with Crippen molar-refractivity contribution >= 4 is 27.4 Å². The van der Waals surface area contributed by atoms with Gasteiger partial charge in [0.2, 0.25) is 5.91 Å². The van der Waals surface area contributed by atoms with E-state index < -0.39 is 27.8 Å². The van der Waals surface area contributed by atoms with E-state index in [2.05, 4.69) is 5.32 Å². The minimum Gasteiger partial charge on any atom is -0.481 e. The van der Waals surface area contributed by atoms with Crippen molar-refractivity contribution in [2.45, 2.75) is 18.9 Å². The van der Waals surface area contributed by atoms with Gasteiger partial charge in [0.05, 0.1) is 18.2 Å². The summed E-state index contributed by atoms with van der Waals surface area (Å²) in [6, 6.07) is 5.50. The second-order valence-corrected chi connectivity index (χ2v) is 7.00. The van der Waals surface area contributed by atoms with Gasteiger partial charge >= 0.3 is 5.97 Å². The number of amides is 1. The number of hydrogen-bond donors (Lipinski definition) is 3. The van der Waals surface area contributed by atoms with Crippen LogP contribution in [0.2, 0.25) is 0 Å². The highest BCUT2D eigenvalue weighted by Crippen LogP contribution is 2.16. The van der Waals surface area contributed by atoms with Gasteiger partial charge in [-0.15, -0.1) is 0 Å². The van der Waals surface area contributed by atoms with Gasteiger partial charge in [-0.1, -0.05) is 18.2 Å². The molecule has 0 aliphatic heterocycles. The number of carboxylic acids is 1. The normalized spacial score (nSPS) is 12.7. The lowest BCUT2D eigenvalue weighted by Crippen LogP contribution is -2.37. The van der Waals surface area contributed by atoms with Gasteiger partial charge < -0.3 is 16.2 Å². The van der Waals surface area contributed by atoms with E-state index in [9.17, 15) is 18.0 Å². The zero-order chi connectivity index (χ0) is 16.0. The fraction of sp³-hybridized carbons (Fsp3) is 0.385. The van der Waals surface area contributed by atoms with Gasteiger partial charge in [0.25, 0.3) is 0 Å². The van der Waals surface area contributed by atoms with Gasteiger partial charge in [0.15, 0.2) is 0 Å². The third-order valence-corrected chi connectivity index (χ3v) is 3.73. The highest BCUT2D eigenvalue weighted by Gasteiger charge is 2.17. The molecule has 1 unspecified atom stereocenters. The molecule has 4 N–H and O–H groups in total. The zero-order valence-corrected chi connectivity index (χ0v) is 12.4. The van der Waals surface area contributed by atoms with Crippen molar-refractivity contribution in [3.8, 4) is 0 Å². The number of nitrogens with one attached hydrogen (secondary N) is 1. The summed E-state index contributed by atoms with van der Waals surface area (Å²) in [6.07, 6.45) is 0.848.